The van der Waals surface area contributed by atoms with Crippen LogP contribution in [0.5, 0.6) is 0 Å². The van der Waals surface area contributed by atoms with Gasteiger partial charge in [0.05, 0.1) is 12.5 Å². The maximum atomic E-state index is 12.1. The molecule has 0 aromatic heterocycles. The van der Waals surface area contributed by atoms with Gasteiger partial charge in [-0.3, -0.25) is 4.79 Å². The Morgan fingerprint density at radius 1 is 1.29 bits per heavy atom. The van der Waals surface area contributed by atoms with Gasteiger partial charge in [0, 0.05) is 5.56 Å². The van der Waals surface area contributed by atoms with Gasteiger partial charge in [-0.1, -0.05) is 36.4 Å². The molecule has 0 aliphatic rings. The largest absolute Gasteiger partial charge is 0.454 e. The van der Waals surface area contributed by atoms with Gasteiger partial charge in [-0.25, -0.2) is 0 Å². The van der Waals surface area contributed by atoms with Gasteiger partial charge in [-0.2, -0.15) is 18.4 Å². The number of nitriles is 1. The van der Waals surface area contributed by atoms with Crippen LogP contribution in [0.1, 0.15) is 22.3 Å². The average molecular weight is 239 g/mol. The summed E-state index contributed by atoms with van der Waals surface area (Å²) >= 11 is 0. The van der Waals surface area contributed by atoms with Crippen LogP contribution in [0.3, 0.4) is 0 Å². The minimum absolute atomic E-state index is 0.225. The zero-order chi connectivity index (χ0) is 12.9. The molecule has 0 fully saturated rings. The van der Waals surface area contributed by atoms with Crippen LogP contribution >= 0.6 is 0 Å². The minimum atomic E-state index is -4.85. The Labute approximate surface area is 96.0 Å². The molecule has 0 N–H and O–H groups in total. The van der Waals surface area contributed by atoms with E-state index in [1.165, 1.54) is 12.1 Å². The number of rotatable bonds is 3. The SMILES string of the molecule is N#CCC=Cc1ccc(C(=O)C(F)(F)F)cc1. The predicted molar refractivity (Wildman–Crippen MR) is 56.1 cm³/mol. The van der Waals surface area contributed by atoms with E-state index in [0.29, 0.717) is 5.56 Å². The second kappa shape index (κ2) is 5.30. The average Bonchev–Trinajstić information content (AvgIpc) is 2.28. The number of carbonyl (C=O) groups excluding carboxylic acids is 1. The molecule has 17 heavy (non-hydrogen) atoms. The molecule has 0 radical (unpaired) electrons. The summed E-state index contributed by atoms with van der Waals surface area (Å²) in [6, 6.07) is 6.92. The van der Waals surface area contributed by atoms with E-state index in [0.717, 1.165) is 12.1 Å². The summed E-state index contributed by atoms with van der Waals surface area (Å²) in [5, 5.41) is 8.28. The van der Waals surface area contributed by atoms with Crippen LogP contribution in [-0.2, 0) is 0 Å². The van der Waals surface area contributed by atoms with Crippen molar-refractivity contribution < 1.29 is 18.0 Å². The van der Waals surface area contributed by atoms with Gasteiger partial charge in [0.2, 0.25) is 0 Å². The van der Waals surface area contributed by atoms with Crippen LogP contribution in [0.4, 0.5) is 13.2 Å². The van der Waals surface area contributed by atoms with Crippen molar-refractivity contribution >= 4 is 11.9 Å². The van der Waals surface area contributed by atoms with Crippen molar-refractivity contribution in [2.24, 2.45) is 0 Å². The van der Waals surface area contributed by atoms with E-state index in [1.54, 1.807) is 12.2 Å². The summed E-state index contributed by atoms with van der Waals surface area (Å²) < 4.78 is 36.3. The van der Waals surface area contributed by atoms with Crippen molar-refractivity contribution in [3.8, 4) is 6.07 Å². The lowest BCUT2D eigenvalue weighted by molar-refractivity contribution is -0.0885. The molecule has 0 amide bonds. The van der Waals surface area contributed by atoms with Crippen molar-refractivity contribution in [3.63, 3.8) is 0 Å². The van der Waals surface area contributed by atoms with Crippen molar-refractivity contribution in [1.82, 2.24) is 0 Å². The van der Waals surface area contributed by atoms with Gasteiger partial charge >= 0.3 is 6.18 Å². The van der Waals surface area contributed by atoms with E-state index in [9.17, 15) is 18.0 Å². The molecule has 88 valence electrons. The zero-order valence-electron chi connectivity index (χ0n) is 8.66. The number of hydrogen-bond donors (Lipinski definition) is 0. The second-order valence-electron chi connectivity index (χ2n) is 3.21. The molecule has 2 nitrogen and oxygen atoms in total. The lowest BCUT2D eigenvalue weighted by Crippen LogP contribution is -2.22. The molecule has 1 rings (SSSR count). The van der Waals surface area contributed by atoms with Crippen LogP contribution in [-0.4, -0.2) is 12.0 Å². The standard InChI is InChI=1S/C12H8F3NO/c13-12(14,15)11(17)10-6-4-9(5-7-10)3-1-2-8-16/h1,3-7H,2H2. The lowest BCUT2D eigenvalue weighted by Gasteiger charge is -2.04. The maximum Gasteiger partial charge on any atom is 0.454 e. The van der Waals surface area contributed by atoms with Crippen molar-refractivity contribution in [2.75, 3.05) is 0 Å². The van der Waals surface area contributed by atoms with Crippen LogP contribution in [0.25, 0.3) is 6.08 Å². The Kier molecular flexibility index (Phi) is 4.05. The number of hydrogen-bond acceptors (Lipinski definition) is 2. The summed E-state index contributed by atoms with van der Waals surface area (Å²) in [5.74, 6) is -1.86. The molecular weight excluding hydrogens is 231 g/mol. The topological polar surface area (TPSA) is 40.9 Å². The smallest absolute Gasteiger partial charge is 0.284 e. The molecule has 1 aromatic carbocycles. The van der Waals surface area contributed by atoms with Gasteiger partial charge in [0.1, 0.15) is 0 Å². The third-order valence-electron chi connectivity index (χ3n) is 1.95. The maximum absolute atomic E-state index is 12.1. The molecule has 0 heterocycles. The summed E-state index contributed by atoms with van der Waals surface area (Å²) in [6.45, 7) is 0. The van der Waals surface area contributed by atoms with Gasteiger partial charge in [-0.15, -0.1) is 0 Å². The molecule has 0 aliphatic heterocycles. The first-order chi connectivity index (χ1) is 7.95. The number of nitrogens with zero attached hydrogens (tertiary/aromatic N) is 1. The van der Waals surface area contributed by atoms with E-state index in [2.05, 4.69) is 0 Å². The molecule has 1 aromatic rings. The molecule has 0 bridgehead atoms. The Morgan fingerprint density at radius 3 is 2.35 bits per heavy atom. The number of benzene rings is 1. The molecule has 0 saturated carbocycles. The van der Waals surface area contributed by atoms with E-state index in [1.807, 2.05) is 6.07 Å². The summed E-state index contributed by atoms with van der Waals surface area (Å²) in [7, 11) is 0. The van der Waals surface area contributed by atoms with Gasteiger partial charge < -0.3 is 0 Å². The van der Waals surface area contributed by atoms with Gasteiger partial charge in [-0.05, 0) is 5.56 Å². The lowest BCUT2D eigenvalue weighted by atomic mass is 10.1. The first-order valence-electron chi connectivity index (χ1n) is 4.70. The quantitative estimate of drug-likeness (QED) is 0.759. The number of halogens is 3. The normalized spacial score (nSPS) is 11.4. The highest BCUT2D eigenvalue weighted by molar-refractivity contribution is 6.00. The minimum Gasteiger partial charge on any atom is -0.284 e. The summed E-state index contributed by atoms with van der Waals surface area (Å²) in [6.07, 6.45) is -1.44. The predicted octanol–water partition coefficient (Wildman–Crippen LogP) is 3.36. The van der Waals surface area contributed by atoms with Gasteiger partial charge in [0.25, 0.3) is 5.78 Å². The number of Topliss-reactive ketones (excluding diaryl/α,β-unsaturated/α-hetero) is 1. The number of ketones is 1. The molecule has 0 spiro atoms. The van der Waals surface area contributed by atoms with Crippen LogP contribution in [0.15, 0.2) is 30.3 Å². The molecule has 5 heteroatoms. The fourth-order valence-electron chi connectivity index (χ4n) is 1.16. The van der Waals surface area contributed by atoms with E-state index in [4.69, 9.17) is 5.26 Å². The number of alkyl halides is 3. The molecule has 0 aliphatic carbocycles. The Bertz CT molecular complexity index is 466. The van der Waals surface area contributed by atoms with Crippen LogP contribution in [0.2, 0.25) is 0 Å². The second-order valence-corrected chi connectivity index (χ2v) is 3.21. The molecule has 0 atom stereocenters. The fraction of sp³-hybridized carbons (Fsp3) is 0.167. The first kappa shape index (κ1) is 13.0. The molecule has 0 saturated heterocycles. The van der Waals surface area contributed by atoms with Crippen molar-refractivity contribution in [2.45, 2.75) is 12.6 Å². The number of allylic oxidation sites excluding steroid dienone is 1. The highest BCUT2D eigenvalue weighted by Gasteiger charge is 2.38. The van der Waals surface area contributed by atoms with Gasteiger partial charge in [0.15, 0.2) is 0 Å². The van der Waals surface area contributed by atoms with E-state index in [-0.39, 0.29) is 6.42 Å². The summed E-state index contributed by atoms with van der Waals surface area (Å²) in [5.41, 5.74) is 0.244. The van der Waals surface area contributed by atoms with Crippen molar-refractivity contribution in [1.29, 1.82) is 5.26 Å². The highest BCUT2D eigenvalue weighted by atomic mass is 19.4. The van der Waals surface area contributed by atoms with Crippen LogP contribution < -0.4 is 0 Å². The third-order valence-corrected chi connectivity index (χ3v) is 1.95. The van der Waals surface area contributed by atoms with Crippen LogP contribution in [0, 0.1) is 11.3 Å². The van der Waals surface area contributed by atoms with E-state index < -0.39 is 17.5 Å². The third kappa shape index (κ3) is 3.76. The summed E-state index contributed by atoms with van der Waals surface area (Å²) in [4.78, 5) is 10.9. The highest BCUT2D eigenvalue weighted by Crippen LogP contribution is 2.21. The number of carbonyl (C=O) groups is 1. The zero-order valence-corrected chi connectivity index (χ0v) is 8.66. The monoisotopic (exact) mass is 239 g/mol. The molecule has 0 unspecified atom stereocenters. The Balaban J connectivity index is 2.82. The Hall–Kier alpha value is -2.09. The van der Waals surface area contributed by atoms with E-state index >= 15 is 0 Å². The first-order valence-corrected chi connectivity index (χ1v) is 4.70. The Morgan fingerprint density at radius 2 is 1.88 bits per heavy atom. The van der Waals surface area contributed by atoms with Crippen molar-refractivity contribution in [3.05, 3.63) is 41.5 Å². The fourth-order valence-corrected chi connectivity index (χ4v) is 1.16. The molecular formula is C12H8F3NO.